The molecule has 0 aliphatic heterocycles. The van der Waals surface area contributed by atoms with E-state index in [1.165, 1.54) is 11.3 Å². The Balaban J connectivity index is 2.20. The molecule has 1 fully saturated rings. The lowest BCUT2D eigenvalue weighted by atomic mass is 10.2. The zero-order chi connectivity index (χ0) is 12.1. The Labute approximate surface area is 108 Å². The van der Waals surface area contributed by atoms with Crippen molar-refractivity contribution in [3.8, 4) is 0 Å². The van der Waals surface area contributed by atoms with E-state index in [9.17, 15) is 8.42 Å². The molecular formula is C10H14BrNO2S2. The van der Waals surface area contributed by atoms with Gasteiger partial charge in [-0.1, -0.05) is 13.8 Å². The van der Waals surface area contributed by atoms with Gasteiger partial charge in [0.15, 0.2) is 0 Å². The molecule has 0 saturated heterocycles. The summed E-state index contributed by atoms with van der Waals surface area (Å²) in [7, 11) is -3.33. The van der Waals surface area contributed by atoms with Gasteiger partial charge in [-0.3, -0.25) is 0 Å². The number of rotatable bonds is 3. The summed E-state index contributed by atoms with van der Waals surface area (Å²) in [6.07, 6.45) is 0.914. The fraction of sp³-hybridized carbons (Fsp3) is 0.600. The van der Waals surface area contributed by atoms with Crippen molar-refractivity contribution in [1.82, 2.24) is 4.72 Å². The van der Waals surface area contributed by atoms with E-state index in [1.807, 2.05) is 6.92 Å². The van der Waals surface area contributed by atoms with E-state index in [2.05, 4.69) is 34.5 Å². The van der Waals surface area contributed by atoms with Gasteiger partial charge in [0, 0.05) is 6.04 Å². The van der Waals surface area contributed by atoms with E-state index in [0.29, 0.717) is 4.21 Å². The molecule has 1 aromatic rings. The van der Waals surface area contributed by atoms with Crippen LogP contribution in [-0.4, -0.2) is 14.5 Å². The first-order chi connectivity index (χ1) is 7.22. The second-order valence-corrected chi connectivity index (χ2v) is 9.20. The minimum atomic E-state index is -3.33. The van der Waals surface area contributed by atoms with Gasteiger partial charge in [-0.05, 0) is 46.3 Å². The number of halogens is 1. The van der Waals surface area contributed by atoms with Crippen molar-refractivity contribution in [1.29, 1.82) is 0 Å². The summed E-state index contributed by atoms with van der Waals surface area (Å²) in [4.78, 5) is 0. The zero-order valence-electron chi connectivity index (χ0n) is 9.37. The first-order valence-electron chi connectivity index (χ1n) is 5.01. The average Bonchev–Trinajstić information content (AvgIpc) is 2.52. The Morgan fingerprint density at radius 2 is 2.12 bits per heavy atom. The molecule has 16 heavy (non-hydrogen) atoms. The highest BCUT2D eigenvalue weighted by Crippen LogP contribution is 2.45. The maximum Gasteiger partial charge on any atom is 0.250 e. The van der Waals surface area contributed by atoms with Crippen LogP contribution >= 0.6 is 27.3 Å². The van der Waals surface area contributed by atoms with Gasteiger partial charge in [0.25, 0.3) is 0 Å². The molecule has 3 nitrogen and oxygen atoms in total. The SMILES string of the molecule is Cc1cc(S(=O)(=O)NC2CC2(C)C)sc1Br. The summed E-state index contributed by atoms with van der Waals surface area (Å²) < 4.78 is 28.0. The van der Waals surface area contributed by atoms with Gasteiger partial charge >= 0.3 is 0 Å². The van der Waals surface area contributed by atoms with Crippen LogP contribution in [0.5, 0.6) is 0 Å². The van der Waals surface area contributed by atoms with Crippen molar-refractivity contribution in [2.24, 2.45) is 5.41 Å². The van der Waals surface area contributed by atoms with Crippen LogP contribution < -0.4 is 4.72 Å². The van der Waals surface area contributed by atoms with Gasteiger partial charge < -0.3 is 0 Å². The van der Waals surface area contributed by atoms with Crippen LogP contribution in [-0.2, 0) is 10.0 Å². The lowest BCUT2D eigenvalue weighted by Crippen LogP contribution is -2.27. The third-order valence-electron chi connectivity index (χ3n) is 2.91. The molecule has 1 unspecified atom stereocenters. The number of hydrogen-bond donors (Lipinski definition) is 1. The predicted molar refractivity (Wildman–Crippen MR) is 69.3 cm³/mol. The molecule has 0 amide bonds. The van der Waals surface area contributed by atoms with E-state index in [4.69, 9.17) is 0 Å². The summed E-state index contributed by atoms with van der Waals surface area (Å²) in [5, 5.41) is 0. The van der Waals surface area contributed by atoms with E-state index < -0.39 is 10.0 Å². The van der Waals surface area contributed by atoms with Gasteiger partial charge in [-0.15, -0.1) is 11.3 Å². The Morgan fingerprint density at radius 1 is 1.56 bits per heavy atom. The highest BCUT2D eigenvalue weighted by molar-refractivity contribution is 9.11. The zero-order valence-corrected chi connectivity index (χ0v) is 12.6. The number of thiophene rings is 1. The monoisotopic (exact) mass is 323 g/mol. The molecule has 1 saturated carbocycles. The molecule has 0 aromatic carbocycles. The van der Waals surface area contributed by atoms with Crippen molar-refractivity contribution >= 4 is 37.3 Å². The van der Waals surface area contributed by atoms with Crippen LogP contribution in [0.25, 0.3) is 0 Å². The van der Waals surface area contributed by atoms with Crippen molar-refractivity contribution in [3.05, 3.63) is 15.4 Å². The van der Waals surface area contributed by atoms with Gasteiger partial charge in [0.05, 0.1) is 3.79 Å². The maximum atomic E-state index is 12.0. The Hall–Kier alpha value is 0.0900. The Kier molecular flexibility index (Phi) is 2.98. The fourth-order valence-corrected chi connectivity index (χ4v) is 5.13. The molecule has 1 aliphatic carbocycles. The average molecular weight is 324 g/mol. The minimum Gasteiger partial charge on any atom is -0.207 e. The standard InChI is InChI=1S/C10H14BrNO2S2/c1-6-4-8(15-9(6)11)16(13,14)12-7-5-10(7,2)3/h4,7,12H,5H2,1-3H3. The molecule has 90 valence electrons. The van der Waals surface area contributed by atoms with Gasteiger partial charge in [-0.25, -0.2) is 13.1 Å². The van der Waals surface area contributed by atoms with E-state index in [-0.39, 0.29) is 11.5 Å². The molecule has 6 heteroatoms. The number of sulfonamides is 1. The van der Waals surface area contributed by atoms with Crippen LogP contribution in [0.3, 0.4) is 0 Å². The summed E-state index contributed by atoms with van der Waals surface area (Å²) in [5.74, 6) is 0. The van der Waals surface area contributed by atoms with Crippen molar-refractivity contribution in [2.75, 3.05) is 0 Å². The third kappa shape index (κ3) is 2.34. The number of nitrogens with one attached hydrogen (secondary N) is 1. The van der Waals surface area contributed by atoms with Crippen LogP contribution in [0.1, 0.15) is 25.8 Å². The van der Waals surface area contributed by atoms with Crippen LogP contribution in [0.15, 0.2) is 14.1 Å². The number of aryl methyl sites for hydroxylation is 1. The third-order valence-corrected chi connectivity index (χ3v) is 6.99. The summed E-state index contributed by atoms with van der Waals surface area (Å²) in [6.45, 7) is 6.02. The van der Waals surface area contributed by atoms with Crippen molar-refractivity contribution in [2.45, 2.75) is 37.4 Å². The summed E-state index contributed by atoms with van der Waals surface area (Å²) in [6, 6.07) is 1.78. The molecule has 1 atom stereocenters. The van der Waals surface area contributed by atoms with Gasteiger partial charge in [-0.2, -0.15) is 0 Å². The topological polar surface area (TPSA) is 46.2 Å². The largest absolute Gasteiger partial charge is 0.250 e. The minimum absolute atomic E-state index is 0.0821. The normalized spacial score (nSPS) is 23.4. The Bertz CT molecular complexity index is 499. The Morgan fingerprint density at radius 3 is 2.50 bits per heavy atom. The second-order valence-electron chi connectivity index (χ2n) is 4.89. The fourth-order valence-electron chi connectivity index (χ4n) is 1.48. The molecule has 0 bridgehead atoms. The molecule has 1 heterocycles. The maximum absolute atomic E-state index is 12.0. The van der Waals surface area contributed by atoms with Crippen molar-refractivity contribution < 1.29 is 8.42 Å². The first-order valence-corrected chi connectivity index (χ1v) is 8.10. The molecule has 1 N–H and O–H groups in total. The van der Waals surface area contributed by atoms with E-state index >= 15 is 0 Å². The van der Waals surface area contributed by atoms with Gasteiger partial charge in [0.2, 0.25) is 10.0 Å². The highest BCUT2D eigenvalue weighted by atomic mass is 79.9. The molecule has 1 aromatic heterocycles. The second kappa shape index (κ2) is 3.80. The molecule has 2 rings (SSSR count). The predicted octanol–water partition coefficient (Wildman–Crippen LogP) is 2.90. The molecule has 1 aliphatic rings. The van der Waals surface area contributed by atoms with Crippen molar-refractivity contribution in [3.63, 3.8) is 0 Å². The quantitative estimate of drug-likeness (QED) is 0.929. The molecule has 0 radical (unpaired) electrons. The van der Waals surface area contributed by atoms with E-state index in [1.54, 1.807) is 6.07 Å². The molecule has 0 spiro atoms. The lowest BCUT2D eigenvalue weighted by molar-refractivity contribution is 0.556. The summed E-state index contributed by atoms with van der Waals surface area (Å²) in [5.41, 5.74) is 1.07. The smallest absolute Gasteiger partial charge is 0.207 e. The lowest BCUT2D eigenvalue weighted by Gasteiger charge is -2.05. The van der Waals surface area contributed by atoms with Crippen LogP contribution in [0.4, 0.5) is 0 Å². The number of hydrogen-bond acceptors (Lipinski definition) is 3. The van der Waals surface area contributed by atoms with Crippen LogP contribution in [0.2, 0.25) is 0 Å². The van der Waals surface area contributed by atoms with E-state index in [0.717, 1.165) is 15.8 Å². The summed E-state index contributed by atoms with van der Waals surface area (Å²) >= 11 is 4.60. The highest BCUT2D eigenvalue weighted by Gasteiger charge is 2.48. The van der Waals surface area contributed by atoms with Crippen LogP contribution in [0, 0.1) is 12.3 Å². The first kappa shape index (κ1) is 12.5. The molecular weight excluding hydrogens is 310 g/mol. The van der Waals surface area contributed by atoms with Gasteiger partial charge in [0.1, 0.15) is 4.21 Å².